The lowest BCUT2D eigenvalue weighted by molar-refractivity contribution is -0.385. The summed E-state index contributed by atoms with van der Waals surface area (Å²) in [5.74, 6) is -0.652. The summed E-state index contributed by atoms with van der Waals surface area (Å²) in [5, 5.41) is 22.2. The fourth-order valence-corrected chi connectivity index (χ4v) is 5.35. The second-order valence-electron chi connectivity index (χ2n) is 7.43. The third kappa shape index (κ3) is 4.67. The molecule has 0 bridgehead atoms. The van der Waals surface area contributed by atoms with Crippen molar-refractivity contribution in [1.82, 2.24) is 4.90 Å². The van der Waals surface area contributed by atoms with E-state index in [-0.39, 0.29) is 17.5 Å². The first kappa shape index (κ1) is 21.6. The molecule has 1 saturated heterocycles. The Balaban J connectivity index is 1.75. The average Bonchev–Trinajstić information content (AvgIpc) is 3.06. The van der Waals surface area contributed by atoms with Crippen molar-refractivity contribution >= 4 is 56.2 Å². The first-order chi connectivity index (χ1) is 14.9. The summed E-state index contributed by atoms with van der Waals surface area (Å²) in [6, 6.07) is 12.3. The average molecular weight is 502 g/mol. The number of hydrogen-bond donors (Lipinski definition) is 1. The van der Waals surface area contributed by atoms with Gasteiger partial charge in [-0.1, -0.05) is 53.4 Å². The van der Waals surface area contributed by atoms with Gasteiger partial charge in [0.25, 0.3) is 5.91 Å². The molecule has 1 aliphatic heterocycles. The molecule has 0 radical (unpaired) electrons. The van der Waals surface area contributed by atoms with Crippen molar-refractivity contribution in [2.24, 2.45) is 4.99 Å². The van der Waals surface area contributed by atoms with Crippen molar-refractivity contribution in [3.05, 3.63) is 67.5 Å². The molecule has 0 aromatic heterocycles. The molecule has 1 amide bonds. The number of phenolic OH excluding ortho intramolecular Hbond substituents is 1. The molecule has 9 heteroatoms. The Labute approximate surface area is 192 Å². The van der Waals surface area contributed by atoms with Gasteiger partial charge in [0.15, 0.2) is 5.17 Å². The predicted octanol–water partition coefficient (Wildman–Crippen LogP) is 6.00. The van der Waals surface area contributed by atoms with Gasteiger partial charge in [-0.3, -0.25) is 19.8 Å². The quantitative estimate of drug-likeness (QED) is 0.314. The van der Waals surface area contributed by atoms with Crippen LogP contribution in [0.25, 0.3) is 6.08 Å². The summed E-state index contributed by atoms with van der Waals surface area (Å²) in [4.78, 5) is 30.8. The van der Waals surface area contributed by atoms with Crippen LogP contribution in [0.2, 0.25) is 0 Å². The maximum Gasteiger partial charge on any atom is 0.312 e. The summed E-state index contributed by atoms with van der Waals surface area (Å²) in [7, 11) is 0. The number of aromatic hydroxyl groups is 1. The standard InChI is InChI=1S/C22H20BrN3O4S/c23-15-11-14(20(27)18(13-15)26(29)30)12-19-21(28)25(17-9-5-2-6-10-17)22(31-19)24-16-7-3-1-4-8-16/h1,3-4,7-8,11-13,17,27H,2,5-6,9-10H2. The van der Waals surface area contributed by atoms with Crippen molar-refractivity contribution in [2.75, 3.05) is 0 Å². The van der Waals surface area contributed by atoms with E-state index in [4.69, 9.17) is 4.99 Å². The van der Waals surface area contributed by atoms with E-state index in [1.54, 1.807) is 11.0 Å². The fraction of sp³-hybridized carbons (Fsp3) is 0.273. The number of para-hydroxylation sites is 1. The van der Waals surface area contributed by atoms with Gasteiger partial charge in [0.1, 0.15) is 0 Å². The number of nitro groups is 1. The normalized spacial score (nSPS) is 20.0. The highest BCUT2D eigenvalue weighted by atomic mass is 79.9. The molecule has 1 N–H and O–H groups in total. The molecule has 7 nitrogen and oxygen atoms in total. The van der Waals surface area contributed by atoms with Crippen LogP contribution in [-0.4, -0.2) is 32.0 Å². The summed E-state index contributed by atoms with van der Waals surface area (Å²) in [6.07, 6.45) is 6.63. The molecule has 1 saturated carbocycles. The van der Waals surface area contributed by atoms with Crippen LogP contribution in [0.4, 0.5) is 11.4 Å². The Bertz CT molecular complexity index is 1080. The topological polar surface area (TPSA) is 96.0 Å². The Morgan fingerprint density at radius 2 is 1.90 bits per heavy atom. The fourth-order valence-electron chi connectivity index (χ4n) is 3.83. The molecule has 1 heterocycles. The number of aliphatic imine (C=N–C) groups is 1. The predicted molar refractivity (Wildman–Crippen MR) is 125 cm³/mol. The maximum absolute atomic E-state index is 13.4. The van der Waals surface area contributed by atoms with E-state index in [0.29, 0.717) is 14.5 Å². The molecule has 1 aliphatic carbocycles. The van der Waals surface area contributed by atoms with E-state index in [2.05, 4.69) is 15.9 Å². The van der Waals surface area contributed by atoms with Crippen molar-refractivity contribution in [2.45, 2.75) is 38.1 Å². The molecule has 31 heavy (non-hydrogen) atoms. The second kappa shape index (κ2) is 9.23. The van der Waals surface area contributed by atoms with E-state index in [1.165, 1.54) is 23.9 Å². The zero-order chi connectivity index (χ0) is 22.0. The van der Waals surface area contributed by atoms with Crippen LogP contribution in [0.1, 0.15) is 37.7 Å². The van der Waals surface area contributed by atoms with Gasteiger partial charge in [-0.15, -0.1) is 0 Å². The number of phenols is 1. The number of carbonyl (C=O) groups excluding carboxylic acids is 1. The van der Waals surface area contributed by atoms with Crippen LogP contribution in [-0.2, 0) is 4.79 Å². The third-order valence-corrected chi connectivity index (χ3v) is 6.77. The van der Waals surface area contributed by atoms with Gasteiger partial charge in [0.2, 0.25) is 5.75 Å². The number of nitro benzene ring substituents is 1. The molecular weight excluding hydrogens is 482 g/mol. The highest BCUT2D eigenvalue weighted by Crippen LogP contribution is 2.41. The first-order valence-electron chi connectivity index (χ1n) is 9.98. The minimum Gasteiger partial charge on any atom is -0.502 e. The van der Waals surface area contributed by atoms with E-state index in [1.807, 2.05) is 30.3 Å². The number of benzene rings is 2. The second-order valence-corrected chi connectivity index (χ2v) is 9.35. The molecule has 2 aliphatic rings. The van der Waals surface area contributed by atoms with Crippen LogP contribution in [0.5, 0.6) is 5.75 Å². The number of halogens is 1. The van der Waals surface area contributed by atoms with E-state index < -0.39 is 16.4 Å². The molecule has 4 rings (SSSR count). The maximum atomic E-state index is 13.4. The minimum absolute atomic E-state index is 0.0764. The number of nitrogens with zero attached hydrogens (tertiary/aromatic N) is 3. The van der Waals surface area contributed by atoms with Crippen LogP contribution in [0, 0.1) is 10.1 Å². The lowest BCUT2D eigenvalue weighted by Gasteiger charge is -2.30. The summed E-state index contributed by atoms with van der Waals surface area (Å²) < 4.78 is 0.446. The number of amidine groups is 1. The van der Waals surface area contributed by atoms with Gasteiger partial charge in [0.05, 0.1) is 15.5 Å². The van der Waals surface area contributed by atoms with Crippen LogP contribution >= 0.6 is 27.7 Å². The molecule has 2 fully saturated rings. The lowest BCUT2D eigenvalue weighted by atomic mass is 9.94. The number of carbonyl (C=O) groups is 1. The third-order valence-electron chi connectivity index (χ3n) is 5.33. The number of hydrogen-bond acceptors (Lipinski definition) is 6. The van der Waals surface area contributed by atoms with Crippen molar-refractivity contribution in [1.29, 1.82) is 0 Å². The number of thioether (sulfide) groups is 1. The highest BCUT2D eigenvalue weighted by molar-refractivity contribution is 9.10. The Kier molecular flexibility index (Phi) is 6.43. The lowest BCUT2D eigenvalue weighted by Crippen LogP contribution is -2.40. The Hall–Kier alpha value is -2.65. The molecule has 160 valence electrons. The van der Waals surface area contributed by atoms with Crippen molar-refractivity contribution in [3.8, 4) is 5.75 Å². The SMILES string of the molecule is O=C1C(=Cc2cc(Br)cc([N+](=O)[O-])c2O)SC(=Nc2ccccc2)N1C1CCCCC1. The first-order valence-corrected chi connectivity index (χ1v) is 11.6. The van der Waals surface area contributed by atoms with Crippen molar-refractivity contribution in [3.63, 3.8) is 0 Å². The van der Waals surface area contributed by atoms with Gasteiger partial charge in [-0.25, -0.2) is 4.99 Å². The largest absolute Gasteiger partial charge is 0.502 e. The molecule has 0 spiro atoms. The van der Waals surface area contributed by atoms with Gasteiger partial charge >= 0.3 is 5.69 Å². The van der Waals surface area contributed by atoms with Gasteiger partial charge in [-0.05, 0) is 48.9 Å². The van der Waals surface area contributed by atoms with Crippen LogP contribution in [0.15, 0.2) is 56.8 Å². The monoisotopic (exact) mass is 501 g/mol. The van der Waals surface area contributed by atoms with E-state index in [0.717, 1.165) is 37.8 Å². The zero-order valence-corrected chi connectivity index (χ0v) is 18.9. The van der Waals surface area contributed by atoms with Crippen LogP contribution < -0.4 is 0 Å². The van der Waals surface area contributed by atoms with Crippen LogP contribution in [0.3, 0.4) is 0 Å². The molecule has 0 atom stereocenters. The summed E-state index contributed by atoms with van der Waals surface area (Å²) >= 11 is 4.47. The molecule has 2 aromatic carbocycles. The van der Waals surface area contributed by atoms with E-state index in [9.17, 15) is 20.0 Å². The zero-order valence-electron chi connectivity index (χ0n) is 16.5. The van der Waals surface area contributed by atoms with E-state index >= 15 is 0 Å². The minimum atomic E-state index is -0.650. The molecule has 2 aromatic rings. The number of amides is 1. The van der Waals surface area contributed by atoms with Crippen molar-refractivity contribution < 1.29 is 14.8 Å². The summed E-state index contributed by atoms with van der Waals surface area (Å²) in [6.45, 7) is 0. The van der Waals surface area contributed by atoms with Gasteiger partial charge < -0.3 is 5.11 Å². The Morgan fingerprint density at radius 1 is 1.19 bits per heavy atom. The Morgan fingerprint density at radius 3 is 2.58 bits per heavy atom. The highest BCUT2D eigenvalue weighted by Gasteiger charge is 2.39. The summed E-state index contributed by atoms with van der Waals surface area (Å²) in [5.41, 5.74) is 0.543. The number of rotatable bonds is 4. The molecular formula is C22H20BrN3O4S. The van der Waals surface area contributed by atoms with Gasteiger partial charge in [0, 0.05) is 22.1 Å². The van der Waals surface area contributed by atoms with Gasteiger partial charge in [-0.2, -0.15) is 0 Å². The molecule has 0 unspecified atom stereocenters. The smallest absolute Gasteiger partial charge is 0.312 e.